The summed E-state index contributed by atoms with van der Waals surface area (Å²) in [6.07, 6.45) is 0. The second-order valence-corrected chi connectivity index (χ2v) is 11.0. The Labute approximate surface area is 239 Å². The summed E-state index contributed by atoms with van der Waals surface area (Å²) in [5.41, 5.74) is 4.34. The van der Waals surface area contributed by atoms with Gasteiger partial charge in [0.2, 0.25) is 0 Å². The number of piperazine rings is 1. The topological polar surface area (TPSA) is 52.6 Å². The van der Waals surface area contributed by atoms with Crippen LogP contribution in [0.2, 0.25) is 5.15 Å². The van der Waals surface area contributed by atoms with Crippen LogP contribution in [0.3, 0.4) is 0 Å². The Kier molecular flexibility index (Phi) is 9.14. The van der Waals surface area contributed by atoms with E-state index in [0.717, 1.165) is 56.2 Å². The van der Waals surface area contributed by atoms with Crippen LogP contribution in [0.25, 0.3) is 0 Å². The van der Waals surface area contributed by atoms with E-state index in [9.17, 15) is 4.79 Å². The zero-order valence-corrected chi connectivity index (χ0v) is 23.6. The summed E-state index contributed by atoms with van der Waals surface area (Å²) in [5, 5.41) is 1.05. The highest BCUT2D eigenvalue weighted by Gasteiger charge is 2.22. The molecule has 1 saturated heterocycles. The maximum atomic E-state index is 13.1. The highest BCUT2D eigenvalue weighted by atomic mass is 35.5. The van der Waals surface area contributed by atoms with E-state index in [-0.39, 0.29) is 5.91 Å². The molecule has 0 saturated carbocycles. The van der Waals surface area contributed by atoms with Crippen molar-refractivity contribution in [3.8, 4) is 0 Å². The van der Waals surface area contributed by atoms with Crippen molar-refractivity contribution in [3.63, 3.8) is 0 Å². The Balaban J connectivity index is 1.13. The van der Waals surface area contributed by atoms with Crippen molar-refractivity contribution in [2.24, 2.45) is 0 Å². The van der Waals surface area contributed by atoms with Crippen molar-refractivity contribution >= 4 is 35.1 Å². The van der Waals surface area contributed by atoms with Crippen LogP contribution < -0.4 is 4.90 Å². The summed E-state index contributed by atoms with van der Waals surface area (Å²) >= 11 is 7.86. The van der Waals surface area contributed by atoms with Crippen molar-refractivity contribution in [1.29, 1.82) is 0 Å². The van der Waals surface area contributed by atoms with Gasteiger partial charge in [-0.15, -0.1) is 0 Å². The average molecular weight is 558 g/mol. The molecule has 6 nitrogen and oxygen atoms in total. The van der Waals surface area contributed by atoms with Crippen molar-refractivity contribution in [2.75, 3.05) is 38.1 Å². The summed E-state index contributed by atoms with van der Waals surface area (Å²) in [6.45, 7) is 4.92. The van der Waals surface area contributed by atoms with E-state index in [4.69, 9.17) is 16.6 Å². The average Bonchev–Trinajstić information content (AvgIpc) is 2.97. The van der Waals surface area contributed by atoms with Gasteiger partial charge in [-0.25, -0.2) is 9.97 Å². The first kappa shape index (κ1) is 27.2. The SMILES string of the molecule is CN(Cc1ccccc1)c1cc(Cl)nc(SCc2ccc(C(=O)N3CCN(Cc4ccccc4)CC3)cc2)n1. The monoisotopic (exact) mass is 557 g/mol. The van der Waals surface area contributed by atoms with Gasteiger partial charge >= 0.3 is 0 Å². The number of carbonyl (C=O) groups excluding carboxylic acids is 1. The lowest BCUT2D eigenvalue weighted by atomic mass is 10.1. The van der Waals surface area contributed by atoms with E-state index in [1.807, 2.05) is 60.5 Å². The second-order valence-electron chi connectivity index (χ2n) is 9.71. The van der Waals surface area contributed by atoms with Gasteiger partial charge in [0.15, 0.2) is 5.16 Å². The fourth-order valence-electron chi connectivity index (χ4n) is 4.61. The molecule has 39 heavy (non-hydrogen) atoms. The smallest absolute Gasteiger partial charge is 0.253 e. The molecule has 2 heterocycles. The lowest BCUT2D eigenvalue weighted by Crippen LogP contribution is -2.48. The lowest BCUT2D eigenvalue weighted by Gasteiger charge is -2.34. The first-order chi connectivity index (χ1) is 19.0. The molecule has 1 fully saturated rings. The zero-order chi connectivity index (χ0) is 27.0. The van der Waals surface area contributed by atoms with Crippen LogP contribution in [0.4, 0.5) is 5.82 Å². The van der Waals surface area contributed by atoms with Crippen LogP contribution in [-0.4, -0.2) is 58.9 Å². The molecule has 0 aliphatic carbocycles. The Morgan fingerprint density at radius 2 is 1.49 bits per heavy atom. The van der Waals surface area contributed by atoms with Crippen LogP contribution >= 0.6 is 23.4 Å². The number of halogens is 1. The van der Waals surface area contributed by atoms with E-state index in [1.165, 1.54) is 22.9 Å². The number of rotatable bonds is 9. The van der Waals surface area contributed by atoms with Gasteiger partial charge in [0, 0.05) is 63.7 Å². The predicted octanol–water partition coefficient (Wildman–Crippen LogP) is 6.02. The number of carbonyl (C=O) groups is 1. The Hall–Kier alpha value is -3.39. The number of anilines is 1. The van der Waals surface area contributed by atoms with Crippen LogP contribution in [-0.2, 0) is 18.8 Å². The van der Waals surface area contributed by atoms with Crippen LogP contribution in [0.15, 0.2) is 96.2 Å². The van der Waals surface area contributed by atoms with E-state index in [0.29, 0.717) is 16.1 Å². The molecule has 3 aromatic carbocycles. The minimum atomic E-state index is 0.0952. The van der Waals surface area contributed by atoms with Crippen LogP contribution in [0.5, 0.6) is 0 Å². The van der Waals surface area contributed by atoms with Crippen molar-refractivity contribution in [2.45, 2.75) is 24.0 Å². The van der Waals surface area contributed by atoms with E-state index in [2.05, 4.69) is 51.2 Å². The fourth-order valence-corrected chi connectivity index (χ4v) is 5.65. The highest BCUT2D eigenvalue weighted by Crippen LogP contribution is 2.25. The number of thioether (sulfide) groups is 1. The minimum absolute atomic E-state index is 0.0952. The number of aromatic nitrogens is 2. The molecule has 200 valence electrons. The van der Waals surface area contributed by atoms with E-state index >= 15 is 0 Å². The second kappa shape index (κ2) is 13.1. The third kappa shape index (κ3) is 7.60. The molecule has 0 atom stereocenters. The summed E-state index contributed by atoms with van der Waals surface area (Å²) in [7, 11) is 2.00. The summed E-state index contributed by atoms with van der Waals surface area (Å²) in [6, 6.07) is 30.4. The molecule has 1 aliphatic rings. The highest BCUT2D eigenvalue weighted by molar-refractivity contribution is 7.98. The molecule has 1 aromatic heterocycles. The van der Waals surface area contributed by atoms with Crippen LogP contribution in [0, 0.1) is 0 Å². The van der Waals surface area contributed by atoms with Crippen molar-refractivity contribution in [3.05, 3.63) is 118 Å². The standard InChI is InChI=1S/C31H32ClN5OS/c1-35(21-24-8-4-2-5-9-24)29-20-28(32)33-31(34-29)39-23-26-12-14-27(15-13-26)30(38)37-18-16-36(17-19-37)22-25-10-6-3-7-11-25/h2-15,20H,16-19,21-23H2,1H3. The molecule has 0 radical (unpaired) electrons. The van der Waals surface area contributed by atoms with Gasteiger partial charge in [-0.3, -0.25) is 9.69 Å². The largest absolute Gasteiger partial charge is 0.355 e. The molecule has 0 N–H and O–H groups in total. The molecule has 1 amide bonds. The maximum Gasteiger partial charge on any atom is 0.253 e. The lowest BCUT2D eigenvalue weighted by molar-refractivity contribution is 0.0628. The summed E-state index contributed by atoms with van der Waals surface area (Å²) in [4.78, 5) is 28.6. The van der Waals surface area contributed by atoms with Crippen molar-refractivity contribution < 1.29 is 4.79 Å². The fraction of sp³-hybridized carbons (Fsp3) is 0.258. The third-order valence-corrected chi connectivity index (χ3v) is 7.90. The molecule has 1 aliphatic heterocycles. The van der Waals surface area contributed by atoms with E-state index in [1.54, 1.807) is 6.07 Å². The molecule has 0 spiro atoms. The molecular formula is C31H32ClN5OS. The number of hydrogen-bond donors (Lipinski definition) is 0. The number of nitrogens with zero attached hydrogens (tertiary/aromatic N) is 5. The molecule has 4 aromatic rings. The van der Waals surface area contributed by atoms with Gasteiger partial charge in [-0.1, -0.05) is 96.2 Å². The predicted molar refractivity (Wildman–Crippen MR) is 159 cm³/mol. The summed E-state index contributed by atoms with van der Waals surface area (Å²) < 4.78 is 0. The Bertz CT molecular complexity index is 1360. The maximum absolute atomic E-state index is 13.1. The van der Waals surface area contributed by atoms with Gasteiger partial charge in [0.05, 0.1) is 0 Å². The first-order valence-electron chi connectivity index (χ1n) is 13.1. The minimum Gasteiger partial charge on any atom is -0.355 e. The molecule has 8 heteroatoms. The molecule has 5 rings (SSSR count). The van der Waals surface area contributed by atoms with Crippen molar-refractivity contribution in [1.82, 2.24) is 19.8 Å². The van der Waals surface area contributed by atoms with Gasteiger partial charge < -0.3 is 9.80 Å². The van der Waals surface area contributed by atoms with Gasteiger partial charge in [-0.2, -0.15) is 0 Å². The van der Waals surface area contributed by atoms with Gasteiger partial charge in [0.25, 0.3) is 5.91 Å². The number of hydrogen-bond acceptors (Lipinski definition) is 6. The normalized spacial score (nSPS) is 13.8. The Morgan fingerprint density at radius 3 is 2.15 bits per heavy atom. The van der Waals surface area contributed by atoms with E-state index < -0.39 is 0 Å². The molecule has 0 bridgehead atoms. The summed E-state index contributed by atoms with van der Waals surface area (Å²) in [5.74, 6) is 1.57. The number of amides is 1. The first-order valence-corrected chi connectivity index (χ1v) is 14.5. The van der Waals surface area contributed by atoms with Gasteiger partial charge in [0.1, 0.15) is 11.0 Å². The Morgan fingerprint density at radius 1 is 0.846 bits per heavy atom. The molecular weight excluding hydrogens is 526 g/mol. The van der Waals surface area contributed by atoms with Gasteiger partial charge in [-0.05, 0) is 28.8 Å². The zero-order valence-electron chi connectivity index (χ0n) is 22.0. The number of benzene rings is 3. The van der Waals surface area contributed by atoms with Crippen LogP contribution in [0.1, 0.15) is 27.0 Å². The molecule has 0 unspecified atom stereocenters. The third-order valence-electron chi connectivity index (χ3n) is 6.79. The quantitative estimate of drug-likeness (QED) is 0.143.